The van der Waals surface area contributed by atoms with E-state index in [9.17, 15) is 0 Å². The highest BCUT2D eigenvalue weighted by molar-refractivity contribution is 9.10. The molecule has 3 saturated heterocycles. The number of nitrogens with one attached hydrogen (secondary N) is 1. The van der Waals surface area contributed by atoms with Crippen molar-refractivity contribution in [2.45, 2.75) is 12.8 Å². The van der Waals surface area contributed by atoms with Gasteiger partial charge in [0.2, 0.25) is 0 Å². The van der Waals surface area contributed by atoms with Gasteiger partial charge < -0.3 is 0 Å². The van der Waals surface area contributed by atoms with Crippen LogP contribution in [0.4, 0.5) is 5.69 Å². The van der Waals surface area contributed by atoms with Gasteiger partial charge in [-0.2, -0.15) is 5.10 Å². The molecule has 3 fully saturated rings. The normalized spacial score (nSPS) is 29.6. The van der Waals surface area contributed by atoms with Gasteiger partial charge in [-0.1, -0.05) is 12.1 Å². The minimum Gasteiger partial charge on any atom is -0.298 e. The highest BCUT2D eigenvalue weighted by Gasteiger charge is 2.30. The predicted octanol–water partition coefficient (Wildman–Crippen LogP) is 2.94. The summed E-state index contributed by atoms with van der Waals surface area (Å²) in [5, 5.41) is 4.59. The molecule has 0 radical (unpaired) electrons. The maximum atomic E-state index is 4.59. The van der Waals surface area contributed by atoms with Gasteiger partial charge >= 0.3 is 0 Å². The quantitative estimate of drug-likeness (QED) is 0.849. The molecule has 3 aliphatic rings. The van der Waals surface area contributed by atoms with E-state index < -0.39 is 0 Å². The van der Waals surface area contributed by atoms with E-state index in [1.165, 1.54) is 31.6 Å². The van der Waals surface area contributed by atoms with Crippen LogP contribution in [0.25, 0.3) is 0 Å². The minimum absolute atomic E-state index is 0.704. The molecule has 0 spiro atoms. The molecule has 0 unspecified atom stereocenters. The molecule has 3 heterocycles. The standard InChI is InChI=1S/C13H16BrN3/c14-11-3-1-2-4-12(11)15-16-13-9-17-7-5-10(13)6-8-17/h1-4,10,15H,5-9H2/b16-13-. The van der Waals surface area contributed by atoms with E-state index in [0.717, 1.165) is 16.7 Å². The number of nitrogens with zero attached hydrogens (tertiary/aromatic N) is 2. The van der Waals surface area contributed by atoms with Gasteiger partial charge in [0.15, 0.2) is 0 Å². The Bertz CT molecular complexity index is 436. The molecule has 1 aromatic carbocycles. The fourth-order valence-electron chi connectivity index (χ4n) is 2.59. The number of hydrogen-bond acceptors (Lipinski definition) is 3. The van der Waals surface area contributed by atoms with E-state index in [4.69, 9.17) is 0 Å². The van der Waals surface area contributed by atoms with E-state index >= 15 is 0 Å². The maximum absolute atomic E-state index is 4.59. The van der Waals surface area contributed by atoms with Crippen molar-refractivity contribution in [1.82, 2.24) is 4.90 Å². The summed E-state index contributed by atoms with van der Waals surface area (Å²) in [6, 6.07) is 8.09. The summed E-state index contributed by atoms with van der Waals surface area (Å²) in [6.45, 7) is 3.54. The molecular weight excluding hydrogens is 278 g/mol. The van der Waals surface area contributed by atoms with Crippen molar-refractivity contribution in [1.29, 1.82) is 0 Å². The molecule has 4 heteroatoms. The van der Waals surface area contributed by atoms with Crippen molar-refractivity contribution in [3.63, 3.8) is 0 Å². The van der Waals surface area contributed by atoms with Gasteiger partial charge in [-0.05, 0) is 54.0 Å². The second kappa shape index (κ2) is 4.78. The molecule has 0 saturated carbocycles. The van der Waals surface area contributed by atoms with Crippen LogP contribution in [0.2, 0.25) is 0 Å². The molecule has 1 aromatic rings. The molecule has 0 atom stereocenters. The van der Waals surface area contributed by atoms with Crippen LogP contribution in [0.3, 0.4) is 0 Å². The zero-order valence-electron chi connectivity index (χ0n) is 9.69. The average molecular weight is 294 g/mol. The van der Waals surface area contributed by atoms with Crippen molar-refractivity contribution >= 4 is 27.3 Å². The minimum atomic E-state index is 0.704. The predicted molar refractivity (Wildman–Crippen MR) is 74.4 cm³/mol. The zero-order valence-corrected chi connectivity index (χ0v) is 11.3. The first-order valence-corrected chi connectivity index (χ1v) is 6.91. The lowest BCUT2D eigenvalue weighted by Gasteiger charge is -2.39. The number of para-hydroxylation sites is 1. The molecule has 3 nitrogen and oxygen atoms in total. The van der Waals surface area contributed by atoms with Crippen molar-refractivity contribution < 1.29 is 0 Å². The summed E-state index contributed by atoms with van der Waals surface area (Å²) in [5.41, 5.74) is 5.54. The fourth-order valence-corrected chi connectivity index (χ4v) is 2.97. The number of rotatable bonds is 2. The zero-order chi connectivity index (χ0) is 11.7. The Labute approximate surface area is 110 Å². The van der Waals surface area contributed by atoms with Crippen molar-refractivity contribution in [3.05, 3.63) is 28.7 Å². The van der Waals surface area contributed by atoms with Crippen LogP contribution in [-0.4, -0.2) is 30.2 Å². The van der Waals surface area contributed by atoms with Gasteiger partial charge in [0.25, 0.3) is 0 Å². The topological polar surface area (TPSA) is 27.6 Å². The second-order valence-electron chi connectivity index (χ2n) is 4.75. The third-order valence-corrected chi connectivity index (χ3v) is 4.33. The van der Waals surface area contributed by atoms with Crippen LogP contribution in [0.15, 0.2) is 33.8 Å². The first-order chi connectivity index (χ1) is 8.33. The SMILES string of the molecule is Brc1ccccc1N/N=C1/CN2CCC1CC2. The van der Waals surface area contributed by atoms with Gasteiger partial charge in [0.1, 0.15) is 0 Å². The van der Waals surface area contributed by atoms with E-state index in [0.29, 0.717) is 5.92 Å². The summed E-state index contributed by atoms with van der Waals surface area (Å²) in [6.07, 6.45) is 2.55. The third kappa shape index (κ3) is 2.38. The smallest absolute Gasteiger partial charge is 0.0703 e. The molecule has 3 aliphatic heterocycles. The van der Waals surface area contributed by atoms with Gasteiger partial charge in [-0.3, -0.25) is 10.3 Å². The average Bonchev–Trinajstić information content (AvgIpc) is 2.39. The Morgan fingerprint density at radius 1 is 1.24 bits per heavy atom. The van der Waals surface area contributed by atoms with Crippen LogP contribution in [0.5, 0.6) is 0 Å². The Morgan fingerprint density at radius 3 is 2.65 bits per heavy atom. The maximum Gasteiger partial charge on any atom is 0.0703 e. The molecular formula is C13H16BrN3. The van der Waals surface area contributed by atoms with Crippen molar-refractivity contribution in [3.8, 4) is 0 Å². The highest BCUT2D eigenvalue weighted by atomic mass is 79.9. The summed E-state index contributed by atoms with van der Waals surface area (Å²) in [7, 11) is 0. The monoisotopic (exact) mass is 293 g/mol. The summed E-state index contributed by atoms with van der Waals surface area (Å²) in [4.78, 5) is 2.49. The lowest BCUT2D eigenvalue weighted by atomic mass is 9.87. The number of benzene rings is 1. The molecule has 2 bridgehead atoms. The van der Waals surface area contributed by atoms with Crippen LogP contribution >= 0.6 is 15.9 Å². The van der Waals surface area contributed by atoms with Crippen LogP contribution in [0, 0.1) is 5.92 Å². The summed E-state index contributed by atoms with van der Waals surface area (Å²) >= 11 is 3.52. The van der Waals surface area contributed by atoms with Gasteiger partial charge in [0, 0.05) is 16.9 Å². The van der Waals surface area contributed by atoms with Gasteiger partial charge in [-0.25, -0.2) is 0 Å². The highest BCUT2D eigenvalue weighted by Crippen LogP contribution is 2.26. The molecule has 0 aromatic heterocycles. The van der Waals surface area contributed by atoms with Crippen LogP contribution in [0.1, 0.15) is 12.8 Å². The molecule has 0 aliphatic carbocycles. The van der Waals surface area contributed by atoms with Gasteiger partial charge in [-0.15, -0.1) is 0 Å². The Hall–Kier alpha value is -0.870. The Balaban J connectivity index is 1.73. The first kappa shape index (κ1) is 11.2. The van der Waals surface area contributed by atoms with E-state index in [-0.39, 0.29) is 0 Å². The van der Waals surface area contributed by atoms with Crippen LogP contribution < -0.4 is 5.43 Å². The fraction of sp³-hybridized carbons (Fsp3) is 0.462. The number of anilines is 1. The lowest BCUT2D eigenvalue weighted by molar-refractivity contribution is 0.200. The Morgan fingerprint density at radius 2 is 2.00 bits per heavy atom. The van der Waals surface area contributed by atoms with Crippen molar-refractivity contribution in [2.75, 3.05) is 25.1 Å². The number of hydrazone groups is 1. The van der Waals surface area contributed by atoms with Crippen molar-refractivity contribution in [2.24, 2.45) is 11.0 Å². The molecule has 0 amide bonds. The number of fused-ring (bicyclic) bond motifs is 3. The number of hydrogen-bond donors (Lipinski definition) is 1. The lowest BCUT2D eigenvalue weighted by Crippen LogP contribution is -2.48. The second-order valence-corrected chi connectivity index (χ2v) is 5.60. The van der Waals surface area contributed by atoms with E-state index in [1.54, 1.807) is 0 Å². The largest absolute Gasteiger partial charge is 0.298 e. The molecule has 90 valence electrons. The van der Waals surface area contributed by atoms with Gasteiger partial charge in [0.05, 0.1) is 11.4 Å². The third-order valence-electron chi connectivity index (χ3n) is 3.64. The molecule has 17 heavy (non-hydrogen) atoms. The summed E-state index contributed by atoms with van der Waals surface area (Å²) < 4.78 is 1.06. The van der Waals surface area contributed by atoms with Crippen LogP contribution in [-0.2, 0) is 0 Å². The number of piperidine rings is 3. The molecule has 4 rings (SSSR count). The summed E-state index contributed by atoms with van der Waals surface area (Å²) in [5.74, 6) is 0.704. The van der Waals surface area contributed by atoms with E-state index in [2.05, 4.69) is 31.4 Å². The number of halogens is 1. The first-order valence-electron chi connectivity index (χ1n) is 6.12. The Kier molecular flexibility index (Phi) is 3.16. The van der Waals surface area contributed by atoms with E-state index in [1.807, 2.05) is 24.3 Å². The molecule has 1 N–H and O–H groups in total.